The molecule has 0 aliphatic rings. The van der Waals surface area contributed by atoms with Crippen LogP contribution in [0.5, 0.6) is 0 Å². The van der Waals surface area contributed by atoms with Crippen LogP contribution in [0.25, 0.3) is 0 Å². The number of pyridine rings is 1. The van der Waals surface area contributed by atoms with Gasteiger partial charge in [0, 0.05) is 13.6 Å². The van der Waals surface area contributed by atoms with Crippen LogP contribution in [0.3, 0.4) is 0 Å². The lowest BCUT2D eigenvalue weighted by Gasteiger charge is -2.20. The van der Waals surface area contributed by atoms with Crippen LogP contribution in [0.4, 0.5) is 11.5 Å². The molecular formula is C11H17N3O2. The molecule has 0 unspecified atom stereocenters. The Kier molecular flexibility index (Phi) is 3.71. The van der Waals surface area contributed by atoms with Gasteiger partial charge in [-0.15, -0.1) is 0 Å². The summed E-state index contributed by atoms with van der Waals surface area (Å²) in [6.07, 6.45) is 1.38. The monoisotopic (exact) mass is 223 g/mol. The number of nitrogen functional groups attached to an aromatic ring is 1. The summed E-state index contributed by atoms with van der Waals surface area (Å²) in [5.74, 6) is 0.0806. The third kappa shape index (κ3) is 2.85. The predicted octanol–water partition coefficient (Wildman–Crippen LogP) is 1.45. The number of anilines is 2. The van der Waals surface area contributed by atoms with Gasteiger partial charge < -0.3 is 15.7 Å². The highest BCUT2D eigenvalue weighted by molar-refractivity contribution is 5.94. The van der Waals surface area contributed by atoms with Crippen LogP contribution in [-0.4, -0.2) is 29.7 Å². The summed E-state index contributed by atoms with van der Waals surface area (Å²) in [5.41, 5.74) is 5.82. The van der Waals surface area contributed by atoms with Crippen LogP contribution >= 0.6 is 0 Å². The molecule has 3 N–H and O–H groups in total. The maximum Gasteiger partial charge on any atom is 0.337 e. The predicted molar refractivity (Wildman–Crippen MR) is 63.7 cm³/mol. The molecule has 0 aromatic carbocycles. The molecule has 0 fully saturated rings. The molecule has 0 amide bonds. The molecule has 0 saturated heterocycles. The van der Waals surface area contributed by atoms with Gasteiger partial charge in [0.25, 0.3) is 0 Å². The molecule has 5 nitrogen and oxygen atoms in total. The number of hydrogen-bond donors (Lipinski definition) is 2. The second kappa shape index (κ2) is 4.83. The number of nitrogens with zero attached hydrogens (tertiary/aromatic N) is 2. The van der Waals surface area contributed by atoms with E-state index in [1.165, 1.54) is 12.3 Å². The Balaban J connectivity index is 2.98. The summed E-state index contributed by atoms with van der Waals surface area (Å²) < 4.78 is 0. The number of aromatic nitrogens is 1. The van der Waals surface area contributed by atoms with Gasteiger partial charge in [-0.3, -0.25) is 0 Å². The van der Waals surface area contributed by atoms with E-state index in [4.69, 9.17) is 10.8 Å². The van der Waals surface area contributed by atoms with Crippen molar-refractivity contribution in [3.05, 3.63) is 17.8 Å². The largest absolute Gasteiger partial charge is 0.478 e. The lowest BCUT2D eigenvalue weighted by atomic mass is 10.2. The average Bonchev–Trinajstić information content (AvgIpc) is 2.16. The molecule has 0 aliphatic heterocycles. The van der Waals surface area contributed by atoms with Gasteiger partial charge in [0.1, 0.15) is 5.82 Å². The lowest BCUT2D eigenvalue weighted by molar-refractivity contribution is 0.0698. The number of hydrogen-bond acceptors (Lipinski definition) is 4. The normalized spacial score (nSPS) is 10.5. The fourth-order valence-corrected chi connectivity index (χ4v) is 1.49. The highest BCUT2D eigenvalue weighted by Crippen LogP contribution is 2.17. The van der Waals surface area contributed by atoms with Gasteiger partial charge in [-0.05, 0) is 12.0 Å². The summed E-state index contributed by atoms with van der Waals surface area (Å²) in [6.45, 7) is 4.99. The minimum Gasteiger partial charge on any atom is -0.478 e. The molecule has 1 aromatic rings. The lowest BCUT2D eigenvalue weighted by Crippen LogP contribution is -2.24. The van der Waals surface area contributed by atoms with Gasteiger partial charge in [0.2, 0.25) is 0 Å². The van der Waals surface area contributed by atoms with Gasteiger partial charge >= 0.3 is 5.97 Å². The summed E-state index contributed by atoms with van der Waals surface area (Å²) in [7, 11) is 1.88. The highest BCUT2D eigenvalue weighted by Gasteiger charge is 2.12. The first-order valence-electron chi connectivity index (χ1n) is 5.11. The Labute approximate surface area is 94.9 Å². The van der Waals surface area contributed by atoms with Crippen molar-refractivity contribution >= 4 is 17.5 Å². The first-order valence-corrected chi connectivity index (χ1v) is 5.11. The van der Waals surface area contributed by atoms with E-state index in [1.54, 1.807) is 0 Å². The van der Waals surface area contributed by atoms with Crippen LogP contribution in [0.15, 0.2) is 12.3 Å². The molecule has 1 heterocycles. The van der Waals surface area contributed by atoms with E-state index in [9.17, 15) is 4.79 Å². The maximum atomic E-state index is 10.9. The van der Waals surface area contributed by atoms with Gasteiger partial charge in [-0.2, -0.15) is 0 Å². The van der Waals surface area contributed by atoms with Gasteiger partial charge in [0.15, 0.2) is 0 Å². The molecule has 0 atom stereocenters. The Morgan fingerprint density at radius 3 is 2.75 bits per heavy atom. The van der Waals surface area contributed by atoms with Crippen LogP contribution in [0.1, 0.15) is 24.2 Å². The Hall–Kier alpha value is -1.78. The summed E-state index contributed by atoms with van der Waals surface area (Å²) >= 11 is 0. The smallest absolute Gasteiger partial charge is 0.337 e. The number of nitrogens with two attached hydrogens (primary N) is 1. The average molecular weight is 223 g/mol. The molecular weight excluding hydrogens is 206 g/mol. The van der Waals surface area contributed by atoms with Crippen molar-refractivity contribution in [3.63, 3.8) is 0 Å². The molecule has 1 rings (SSSR count). The van der Waals surface area contributed by atoms with Crippen molar-refractivity contribution in [2.24, 2.45) is 5.92 Å². The Morgan fingerprint density at radius 2 is 2.25 bits per heavy atom. The summed E-state index contributed by atoms with van der Waals surface area (Å²) in [5, 5.41) is 8.93. The zero-order valence-electron chi connectivity index (χ0n) is 9.77. The summed E-state index contributed by atoms with van der Waals surface area (Å²) in [4.78, 5) is 16.9. The molecule has 5 heteroatoms. The van der Waals surface area contributed by atoms with E-state index in [0.29, 0.717) is 11.7 Å². The number of carbonyl (C=O) groups is 1. The Morgan fingerprint density at radius 1 is 1.62 bits per heavy atom. The number of rotatable bonds is 4. The molecule has 16 heavy (non-hydrogen) atoms. The third-order valence-electron chi connectivity index (χ3n) is 2.18. The first kappa shape index (κ1) is 12.3. The van der Waals surface area contributed by atoms with E-state index in [-0.39, 0.29) is 11.3 Å². The molecule has 0 spiro atoms. The van der Waals surface area contributed by atoms with Gasteiger partial charge in [-0.1, -0.05) is 13.8 Å². The molecule has 0 aliphatic carbocycles. The minimum absolute atomic E-state index is 0.0978. The topological polar surface area (TPSA) is 79.5 Å². The van der Waals surface area contributed by atoms with Crippen molar-refractivity contribution < 1.29 is 9.90 Å². The molecule has 88 valence electrons. The van der Waals surface area contributed by atoms with Gasteiger partial charge in [-0.25, -0.2) is 9.78 Å². The number of carboxylic acid groups (broad SMARTS) is 1. The van der Waals surface area contributed by atoms with Crippen molar-refractivity contribution in [1.82, 2.24) is 4.98 Å². The highest BCUT2D eigenvalue weighted by atomic mass is 16.4. The quantitative estimate of drug-likeness (QED) is 0.807. The van der Waals surface area contributed by atoms with Crippen LogP contribution in [0, 0.1) is 5.92 Å². The fraction of sp³-hybridized carbons (Fsp3) is 0.455. The fourth-order valence-electron chi connectivity index (χ4n) is 1.49. The standard InChI is InChI=1S/C11H17N3O2/c1-7(2)6-14(3)10-4-8(11(15)16)9(12)5-13-10/h4-5,7H,6,12H2,1-3H3,(H,15,16). The van der Waals surface area contributed by atoms with E-state index in [2.05, 4.69) is 18.8 Å². The summed E-state index contributed by atoms with van der Waals surface area (Å²) in [6, 6.07) is 1.50. The van der Waals surface area contributed by atoms with Crippen molar-refractivity contribution in [2.75, 3.05) is 24.2 Å². The second-order valence-corrected chi connectivity index (χ2v) is 4.21. The van der Waals surface area contributed by atoms with Gasteiger partial charge in [0.05, 0.1) is 17.4 Å². The van der Waals surface area contributed by atoms with Crippen molar-refractivity contribution in [1.29, 1.82) is 0 Å². The van der Waals surface area contributed by atoms with Crippen LogP contribution in [0.2, 0.25) is 0 Å². The van der Waals surface area contributed by atoms with E-state index in [0.717, 1.165) is 6.54 Å². The Bertz CT molecular complexity index is 391. The maximum absolute atomic E-state index is 10.9. The second-order valence-electron chi connectivity index (χ2n) is 4.21. The molecule has 1 aromatic heterocycles. The SMILES string of the molecule is CC(C)CN(C)c1cc(C(=O)O)c(N)cn1. The molecule has 0 bridgehead atoms. The molecule has 0 saturated carbocycles. The van der Waals surface area contributed by atoms with Crippen molar-refractivity contribution in [3.8, 4) is 0 Å². The van der Waals surface area contributed by atoms with E-state index in [1.807, 2.05) is 11.9 Å². The number of carboxylic acids is 1. The van der Waals surface area contributed by atoms with E-state index >= 15 is 0 Å². The third-order valence-corrected chi connectivity index (χ3v) is 2.18. The zero-order chi connectivity index (χ0) is 12.3. The first-order chi connectivity index (χ1) is 7.41. The van der Waals surface area contributed by atoms with Crippen molar-refractivity contribution in [2.45, 2.75) is 13.8 Å². The van der Waals surface area contributed by atoms with Crippen LogP contribution < -0.4 is 10.6 Å². The molecule has 0 radical (unpaired) electrons. The minimum atomic E-state index is -1.03. The zero-order valence-corrected chi connectivity index (χ0v) is 9.77. The number of aromatic carboxylic acids is 1. The van der Waals surface area contributed by atoms with E-state index < -0.39 is 5.97 Å². The van der Waals surface area contributed by atoms with Crippen LogP contribution in [-0.2, 0) is 0 Å².